The fraction of sp³-hybridized carbons (Fsp3) is 0.462. The van der Waals surface area contributed by atoms with Crippen molar-refractivity contribution in [1.82, 2.24) is 5.32 Å². The Bertz CT molecular complexity index is 409. The summed E-state index contributed by atoms with van der Waals surface area (Å²) in [6.45, 7) is 2.03. The number of hydrogen-bond donors (Lipinski definition) is 2. The average molecular weight is 316 g/mol. The average Bonchev–Trinajstić information content (AvgIpc) is 2.37. The lowest BCUT2D eigenvalue weighted by Crippen LogP contribution is -2.34. The van der Waals surface area contributed by atoms with Gasteiger partial charge in [0.15, 0.2) is 11.5 Å². The Morgan fingerprint density at radius 3 is 2.78 bits per heavy atom. The van der Waals surface area contributed by atoms with Crippen molar-refractivity contribution in [3.63, 3.8) is 0 Å². The van der Waals surface area contributed by atoms with Crippen LogP contribution in [0, 0.1) is 0 Å². The topological polar surface area (TPSA) is 58.6 Å². The lowest BCUT2D eigenvalue weighted by atomic mass is 10.1. The van der Waals surface area contributed by atoms with Gasteiger partial charge in [-0.1, -0.05) is 22.9 Å². The molecular formula is C13H18BrNO3. The second-order valence-electron chi connectivity index (χ2n) is 3.94. The van der Waals surface area contributed by atoms with E-state index in [9.17, 15) is 9.90 Å². The predicted octanol–water partition coefficient (Wildman–Crippen LogP) is 2.69. The SMILES string of the molecule is CCC(CCBr)NC(=O)c1ccc(OC)c(O)c1. The molecule has 0 aliphatic carbocycles. The van der Waals surface area contributed by atoms with E-state index in [1.807, 2.05) is 6.92 Å². The molecule has 18 heavy (non-hydrogen) atoms. The highest BCUT2D eigenvalue weighted by molar-refractivity contribution is 9.09. The Kier molecular flexibility index (Phi) is 5.98. The molecule has 100 valence electrons. The first-order chi connectivity index (χ1) is 8.62. The van der Waals surface area contributed by atoms with E-state index < -0.39 is 0 Å². The van der Waals surface area contributed by atoms with Gasteiger partial charge in [0.2, 0.25) is 0 Å². The van der Waals surface area contributed by atoms with E-state index in [2.05, 4.69) is 21.2 Å². The van der Waals surface area contributed by atoms with Gasteiger partial charge in [-0.05, 0) is 31.0 Å². The summed E-state index contributed by atoms with van der Waals surface area (Å²) in [4.78, 5) is 12.0. The summed E-state index contributed by atoms with van der Waals surface area (Å²) in [5.74, 6) is 0.151. The number of halogens is 1. The summed E-state index contributed by atoms with van der Waals surface area (Å²) >= 11 is 3.36. The molecule has 4 nitrogen and oxygen atoms in total. The molecule has 0 fully saturated rings. The molecule has 0 aliphatic rings. The third-order valence-corrected chi connectivity index (χ3v) is 3.18. The molecule has 2 N–H and O–H groups in total. The number of phenolic OH excluding ortho intramolecular Hbond substituents is 1. The van der Waals surface area contributed by atoms with E-state index in [0.717, 1.165) is 18.2 Å². The second-order valence-corrected chi connectivity index (χ2v) is 4.74. The number of ether oxygens (including phenoxy) is 1. The van der Waals surface area contributed by atoms with Crippen LogP contribution in [0.25, 0.3) is 0 Å². The van der Waals surface area contributed by atoms with Crippen LogP contribution < -0.4 is 10.1 Å². The lowest BCUT2D eigenvalue weighted by Gasteiger charge is -2.16. The summed E-state index contributed by atoms with van der Waals surface area (Å²) in [5, 5.41) is 13.4. The standard InChI is InChI=1S/C13H18BrNO3/c1-3-10(6-7-14)15-13(17)9-4-5-12(18-2)11(16)8-9/h4-5,8,10,16H,3,6-7H2,1-2H3,(H,15,17). The van der Waals surface area contributed by atoms with Crippen LogP contribution >= 0.6 is 15.9 Å². The predicted molar refractivity (Wildman–Crippen MR) is 74.6 cm³/mol. The van der Waals surface area contributed by atoms with Gasteiger partial charge in [-0.15, -0.1) is 0 Å². The fourth-order valence-corrected chi connectivity index (χ4v) is 2.16. The molecule has 0 radical (unpaired) electrons. The molecule has 0 aromatic heterocycles. The van der Waals surface area contributed by atoms with Gasteiger partial charge >= 0.3 is 0 Å². The summed E-state index contributed by atoms with van der Waals surface area (Å²) in [7, 11) is 1.47. The second kappa shape index (κ2) is 7.26. The zero-order valence-corrected chi connectivity index (χ0v) is 12.2. The van der Waals surface area contributed by atoms with Gasteiger partial charge < -0.3 is 15.2 Å². The Labute approximate surface area is 115 Å². The van der Waals surface area contributed by atoms with Crippen LogP contribution in [0.15, 0.2) is 18.2 Å². The Morgan fingerprint density at radius 1 is 1.56 bits per heavy atom. The summed E-state index contributed by atoms with van der Waals surface area (Å²) in [6.07, 6.45) is 1.75. The molecule has 0 heterocycles. The highest BCUT2D eigenvalue weighted by Crippen LogP contribution is 2.26. The Morgan fingerprint density at radius 2 is 2.28 bits per heavy atom. The van der Waals surface area contributed by atoms with Crippen LogP contribution in [0.1, 0.15) is 30.1 Å². The summed E-state index contributed by atoms with van der Waals surface area (Å²) in [5.41, 5.74) is 0.432. The number of nitrogens with one attached hydrogen (secondary N) is 1. The summed E-state index contributed by atoms with van der Waals surface area (Å²) < 4.78 is 4.93. The van der Waals surface area contributed by atoms with E-state index in [-0.39, 0.29) is 17.7 Å². The van der Waals surface area contributed by atoms with Crippen molar-refractivity contribution in [3.8, 4) is 11.5 Å². The molecule has 5 heteroatoms. The number of carbonyl (C=O) groups is 1. The molecular weight excluding hydrogens is 298 g/mol. The van der Waals surface area contributed by atoms with Crippen LogP contribution in [-0.2, 0) is 0 Å². The number of alkyl halides is 1. The molecule has 1 aromatic rings. The van der Waals surface area contributed by atoms with Crippen LogP contribution in [0.2, 0.25) is 0 Å². The molecule has 0 aliphatic heterocycles. The molecule has 0 saturated heterocycles. The van der Waals surface area contributed by atoms with E-state index in [1.54, 1.807) is 12.1 Å². The molecule has 0 bridgehead atoms. The number of amides is 1. The molecule has 0 saturated carbocycles. The Hall–Kier alpha value is -1.23. The number of phenols is 1. The van der Waals surface area contributed by atoms with Crippen LogP contribution in [-0.4, -0.2) is 29.5 Å². The first-order valence-electron chi connectivity index (χ1n) is 5.86. The number of benzene rings is 1. The quantitative estimate of drug-likeness (QED) is 0.793. The van der Waals surface area contributed by atoms with E-state index in [0.29, 0.717) is 11.3 Å². The zero-order valence-electron chi connectivity index (χ0n) is 10.6. The third kappa shape index (κ3) is 3.91. The largest absolute Gasteiger partial charge is 0.504 e. The highest BCUT2D eigenvalue weighted by atomic mass is 79.9. The zero-order chi connectivity index (χ0) is 13.5. The van der Waals surface area contributed by atoms with Crippen molar-refractivity contribution < 1.29 is 14.6 Å². The lowest BCUT2D eigenvalue weighted by molar-refractivity contribution is 0.0934. The van der Waals surface area contributed by atoms with Crippen molar-refractivity contribution in [2.45, 2.75) is 25.8 Å². The molecule has 1 atom stereocenters. The van der Waals surface area contributed by atoms with Crippen molar-refractivity contribution >= 4 is 21.8 Å². The highest BCUT2D eigenvalue weighted by Gasteiger charge is 2.13. The normalized spacial score (nSPS) is 11.9. The molecule has 1 unspecified atom stereocenters. The minimum Gasteiger partial charge on any atom is -0.504 e. The van der Waals surface area contributed by atoms with Gasteiger partial charge in [-0.3, -0.25) is 4.79 Å². The molecule has 0 spiro atoms. The molecule has 1 amide bonds. The third-order valence-electron chi connectivity index (χ3n) is 2.73. The van der Waals surface area contributed by atoms with Gasteiger partial charge in [-0.2, -0.15) is 0 Å². The van der Waals surface area contributed by atoms with E-state index >= 15 is 0 Å². The van der Waals surface area contributed by atoms with Crippen molar-refractivity contribution in [2.75, 3.05) is 12.4 Å². The van der Waals surface area contributed by atoms with Gasteiger partial charge in [0.25, 0.3) is 5.91 Å². The fourth-order valence-electron chi connectivity index (χ4n) is 1.61. The van der Waals surface area contributed by atoms with Crippen LogP contribution in [0.4, 0.5) is 0 Å². The number of carbonyl (C=O) groups excluding carboxylic acids is 1. The smallest absolute Gasteiger partial charge is 0.251 e. The monoisotopic (exact) mass is 315 g/mol. The minimum absolute atomic E-state index is 0.0290. The maximum absolute atomic E-state index is 12.0. The number of aromatic hydroxyl groups is 1. The van der Waals surface area contributed by atoms with Crippen molar-refractivity contribution in [1.29, 1.82) is 0 Å². The van der Waals surface area contributed by atoms with Gasteiger partial charge in [0, 0.05) is 16.9 Å². The minimum atomic E-state index is -0.180. The van der Waals surface area contributed by atoms with Gasteiger partial charge in [0.1, 0.15) is 0 Å². The van der Waals surface area contributed by atoms with Gasteiger partial charge in [0.05, 0.1) is 7.11 Å². The maximum Gasteiger partial charge on any atom is 0.251 e. The number of hydrogen-bond acceptors (Lipinski definition) is 3. The number of rotatable bonds is 6. The van der Waals surface area contributed by atoms with E-state index in [1.165, 1.54) is 13.2 Å². The van der Waals surface area contributed by atoms with Gasteiger partial charge in [-0.25, -0.2) is 0 Å². The first-order valence-corrected chi connectivity index (χ1v) is 6.98. The van der Waals surface area contributed by atoms with Crippen molar-refractivity contribution in [3.05, 3.63) is 23.8 Å². The summed E-state index contributed by atoms with van der Waals surface area (Å²) in [6, 6.07) is 4.76. The Balaban J connectivity index is 2.74. The molecule has 1 rings (SSSR count). The van der Waals surface area contributed by atoms with Crippen LogP contribution in [0.5, 0.6) is 11.5 Å². The van der Waals surface area contributed by atoms with Crippen molar-refractivity contribution in [2.24, 2.45) is 0 Å². The maximum atomic E-state index is 12.0. The first kappa shape index (κ1) is 14.8. The molecule has 1 aromatic carbocycles. The van der Waals surface area contributed by atoms with E-state index in [4.69, 9.17) is 4.74 Å². The van der Waals surface area contributed by atoms with Crippen LogP contribution in [0.3, 0.4) is 0 Å². The number of methoxy groups -OCH3 is 1.